The lowest BCUT2D eigenvalue weighted by molar-refractivity contribution is -0.142. The topological polar surface area (TPSA) is 222 Å². The van der Waals surface area contributed by atoms with E-state index in [4.69, 9.17) is 19.4 Å². The van der Waals surface area contributed by atoms with Crippen molar-refractivity contribution in [2.75, 3.05) is 20.0 Å². The summed E-state index contributed by atoms with van der Waals surface area (Å²) in [6.45, 7) is -0.745. The van der Waals surface area contributed by atoms with Crippen molar-refractivity contribution in [3.63, 3.8) is 0 Å². The van der Waals surface area contributed by atoms with Gasteiger partial charge in [-0.25, -0.2) is 18.1 Å². The molecule has 1 fully saturated rings. The second-order valence-corrected chi connectivity index (χ2v) is 10.9. The first kappa shape index (κ1) is 27.2. The molecule has 2 heterocycles. The van der Waals surface area contributed by atoms with Gasteiger partial charge in [-0.1, -0.05) is 6.58 Å². The predicted octanol–water partition coefficient (Wildman–Crippen LogP) is -0.242. The Morgan fingerprint density at radius 2 is 1.81 bits per heavy atom. The highest BCUT2D eigenvalue weighted by Crippen LogP contribution is 2.66. The molecule has 2 aliphatic rings. The predicted molar refractivity (Wildman–Crippen MR) is 97.1 cm³/mol. The van der Waals surface area contributed by atoms with Gasteiger partial charge in [0.25, 0.3) is 5.91 Å². The summed E-state index contributed by atoms with van der Waals surface area (Å²) in [5.41, 5.74) is -2.50. The lowest BCUT2D eigenvalue weighted by Crippen LogP contribution is -2.48. The second kappa shape index (κ2) is 9.66. The number of carbonyl (C=O) groups excluding carboxylic acids is 1. The van der Waals surface area contributed by atoms with Crippen LogP contribution in [-0.2, 0) is 36.4 Å². The van der Waals surface area contributed by atoms with Crippen LogP contribution in [0.2, 0.25) is 0 Å². The summed E-state index contributed by atoms with van der Waals surface area (Å²) in [7, 11) is -17.1. The van der Waals surface area contributed by atoms with Gasteiger partial charge < -0.3 is 39.6 Å². The van der Waals surface area contributed by atoms with Crippen LogP contribution >= 0.6 is 23.5 Å². The molecule has 20 heteroatoms. The number of nitrogens with zero attached hydrogens (tertiary/aromatic N) is 1. The van der Waals surface area contributed by atoms with Gasteiger partial charge in [0.2, 0.25) is 0 Å². The summed E-state index contributed by atoms with van der Waals surface area (Å²) in [5.74, 6) is -2.17. The maximum absolute atomic E-state index is 13.9. The van der Waals surface area contributed by atoms with E-state index in [2.05, 4.69) is 25.0 Å². The number of aliphatic hydroxyl groups is 1. The SMILES string of the molecule is C=C1NC(=O)C=CN1[C@@H]1O[C@](CF)(COP(=O)(O)OP(=O)(O)OP(=O)(O)O)[C@@H](O)[C@@H]1CF. The van der Waals surface area contributed by atoms with Gasteiger partial charge in [-0.05, 0) is 0 Å². The molecule has 0 radical (unpaired) electrons. The Hall–Kier alpha value is -1.06. The van der Waals surface area contributed by atoms with E-state index in [1.807, 2.05) is 0 Å². The average Bonchev–Trinajstić information content (AvgIpc) is 2.89. The maximum atomic E-state index is 13.9. The number of ether oxygens (including phenoxy) is 1. The monoisotopic (exact) mass is 530 g/mol. The van der Waals surface area contributed by atoms with E-state index in [-0.39, 0.29) is 5.82 Å². The molecule has 32 heavy (non-hydrogen) atoms. The van der Waals surface area contributed by atoms with Crippen molar-refractivity contribution in [3.05, 3.63) is 24.7 Å². The van der Waals surface area contributed by atoms with Crippen molar-refractivity contribution in [1.82, 2.24) is 10.2 Å². The minimum atomic E-state index is -5.84. The van der Waals surface area contributed by atoms with Crippen LogP contribution in [-0.4, -0.2) is 73.4 Å². The molecule has 6 N–H and O–H groups in total. The molecule has 0 saturated carbocycles. The van der Waals surface area contributed by atoms with Gasteiger partial charge in [0.05, 0.1) is 25.3 Å². The Morgan fingerprint density at radius 1 is 1.19 bits per heavy atom. The minimum absolute atomic E-state index is 0.115. The van der Waals surface area contributed by atoms with Crippen molar-refractivity contribution >= 4 is 29.4 Å². The highest BCUT2D eigenvalue weighted by atomic mass is 31.3. The van der Waals surface area contributed by atoms with Crippen molar-refractivity contribution < 1.29 is 69.8 Å². The van der Waals surface area contributed by atoms with Gasteiger partial charge in [0.1, 0.15) is 24.3 Å². The van der Waals surface area contributed by atoms with E-state index in [1.165, 1.54) is 0 Å². The number of carbonyl (C=O) groups is 1. The molecule has 1 saturated heterocycles. The Kier molecular flexibility index (Phi) is 8.21. The largest absolute Gasteiger partial charge is 0.490 e. The summed E-state index contributed by atoms with van der Waals surface area (Å²) in [6.07, 6.45) is -1.37. The number of halogens is 2. The fourth-order valence-corrected chi connectivity index (χ4v) is 5.93. The maximum Gasteiger partial charge on any atom is 0.490 e. The van der Waals surface area contributed by atoms with Crippen LogP contribution < -0.4 is 5.32 Å². The van der Waals surface area contributed by atoms with Crippen LogP contribution in [0.4, 0.5) is 8.78 Å². The summed E-state index contributed by atoms with van der Waals surface area (Å²) in [4.78, 5) is 48.1. The minimum Gasteiger partial charge on any atom is -0.389 e. The number of phosphoric acid groups is 3. The Morgan fingerprint density at radius 3 is 2.31 bits per heavy atom. The molecule has 0 aromatic rings. The number of rotatable bonds is 10. The number of nitrogens with one attached hydrogen (secondary N) is 1. The molecule has 2 aliphatic heterocycles. The fourth-order valence-electron chi connectivity index (χ4n) is 2.85. The molecular weight excluding hydrogens is 511 g/mol. The molecule has 0 spiro atoms. The molecule has 2 rings (SSSR count). The number of amides is 1. The second-order valence-electron chi connectivity index (χ2n) is 6.49. The summed E-state index contributed by atoms with van der Waals surface area (Å²) < 4.78 is 78.2. The van der Waals surface area contributed by atoms with E-state index in [0.717, 1.165) is 17.2 Å². The first-order chi connectivity index (χ1) is 14.5. The van der Waals surface area contributed by atoms with Crippen LogP contribution in [0.15, 0.2) is 24.7 Å². The number of hydrogen-bond donors (Lipinski definition) is 6. The van der Waals surface area contributed by atoms with Gasteiger partial charge in [0, 0.05) is 12.3 Å². The molecule has 184 valence electrons. The van der Waals surface area contributed by atoms with Crippen molar-refractivity contribution in [3.8, 4) is 0 Å². The van der Waals surface area contributed by atoms with Gasteiger partial charge >= 0.3 is 23.5 Å². The van der Waals surface area contributed by atoms with Gasteiger partial charge in [-0.15, -0.1) is 0 Å². The third kappa shape index (κ3) is 6.50. The first-order valence-electron chi connectivity index (χ1n) is 8.27. The summed E-state index contributed by atoms with van der Waals surface area (Å²) >= 11 is 0. The number of aliphatic hydroxyl groups excluding tert-OH is 1. The third-order valence-corrected chi connectivity index (χ3v) is 7.98. The van der Waals surface area contributed by atoms with Gasteiger partial charge in [-0.2, -0.15) is 8.62 Å². The zero-order valence-electron chi connectivity index (χ0n) is 15.8. The lowest BCUT2D eigenvalue weighted by atomic mass is 9.91. The lowest BCUT2D eigenvalue weighted by Gasteiger charge is -2.34. The van der Waals surface area contributed by atoms with Crippen LogP contribution in [0.1, 0.15) is 0 Å². The standard InChI is InChI=1S/C12H19F2N2O13P3/c1-7-15-9(17)2-3-16(7)11-8(4-13)10(18)12(5-14,27-11)6-26-31(22,23)29-32(24,25)28-30(19,20)21/h2-3,8,10-11,18H,1,4-6H2,(H,15,17)(H,22,23)(H,24,25)(H2,19,20,21)/t8-,10-,11+,12+/m0/s1. The summed E-state index contributed by atoms with van der Waals surface area (Å²) in [5, 5.41) is 12.7. The summed E-state index contributed by atoms with van der Waals surface area (Å²) in [6, 6.07) is 0. The molecule has 15 nitrogen and oxygen atoms in total. The Labute approximate surface area is 178 Å². The first-order valence-corrected chi connectivity index (χ1v) is 12.8. The third-order valence-electron chi connectivity index (χ3n) is 4.20. The van der Waals surface area contributed by atoms with E-state index in [9.17, 15) is 37.3 Å². The highest BCUT2D eigenvalue weighted by Gasteiger charge is 2.58. The highest BCUT2D eigenvalue weighted by molar-refractivity contribution is 7.66. The van der Waals surface area contributed by atoms with Gasteiger partial charge in [-0.3, -0.25) is 13.7 Å². The number of hydrogen-bond acceptors (Lipinski definition) is 10. The normalized spacial score (nSPS) is 32.5. The van der Waals surface area contributed by atoms with Crippen molar-refractivity contribution in [2.45, 2.75) is 17.9 Å². The van der Waals surface area contributed by atoms with E-state index >= 15 is 0 Å². The number of phosphoric ester groups is 1. The molecule has 2 unspecified atom stereocenters. The van der Waals surface area contributed by atoms with Crippen LogP contribution in [0, 0.1) is 5.92 Å². The molecule has 0 aliphatic carbocycles. The average molecular weight is 530 g/mol. The van der Waals surface area contributed by atoms with E-state index in [0.29, 0.717) is 0 Å². The fraction of sp³-hybridized carbons (Fsp3) is 0.583. The molecular formula is C12H19F2N2O13P3. The zero-order valence-corrected chi connectivity index (χ0v) is 18.4. The Bertz CT molecular complexity index is 928. The molecule has 0 aromatic carbocycles. The Balaban J connectivity index is 2.20. The van der Waals surface area contributed by atoms with Crippen LogP contribution in [0.3, 0.4) is 0 Å². The quantitative estimate of drug-likeness (QED) is 0.201. The number of alkyl halides is 2. The van der Waals surface area contributed by atoms with Crippen molar-refractivity contribution in [1.29, 1.82) is 0 Å². The zero-order chi connectivity index (χ0) is 24.5. The van der Waals surface area contributed by atoms with Gasteiger partial charge in [0.15, 0.2) is 0 Å². The molecule has 1 amide bonds. The molecule has 6 atom stereocenters. The van der Waals surface area contributed by atoms with E-state index in [1.54, 1.807) is 0 Å². The van der Waals surface area contributed by atoms with E-state index < -0.39 is 73.2 Å². The van der Waals surface area contributed by atoms with Crippen LogP contribution in [0.5, 0.6) is 0 Å². The smallest absolute Gasteiger partial charge is 0.389 e. The molecule has 0 bridgehead atoms. The van der Waals surface area contributed by atoms with Crippen molar-refractivity contribution in [2.24, 2.45) is 5.92 Å². The molecule has 0 aromatic heterocycles. The van der Waals surface area contributed by atoms with Crippen LogP contribution in [0.25, 0.3) is 0 Å².